The summed E-state index contributed by atoms with van der Waals surface area (Å²) in [4.78, 5) is 70.9. The van der Waals surface area contributed by atoms with Crippen molar-refractivity contribution in [2.24, 2.45) is 5.73 Å². The Kier molecular flexibility index (Phi) is 11.3. The fourth-order valence-electron chi connectivity index (χ4n) is 8.30. The van der Waals surface area contributed by atoms with Crippen LogP contribution >= 0.6 is 0 Å². The van der Waals surface area contributed by atoms with Crippen LogP contribution in [0.4, 0.5) is 16.2 Å². The molecule has 0 bridgehead atoms. The molecule has 61 heavy (non-hydrogen) atoms. The van der Waals surface area contributed by atoms with Gasteiger partial charge in [0.05, 0.1) is 65.6 Å². The summed E-state index contributed by atoms with van der Waals surface area (Å²) in [7, 11) is 1.63. The van der Waals surface area contributed by atoms with Gasteiger partial charge in [0.25, 0.3) is 11.8 Å². The molecule has 5 N–H and O–H groups in total. The van der Waals surface area contributed by atoms with E-state index in [2.05, 4.69) is 57.4 Å². The van der Waals surface area contributed by atoms with Crippen LogP contribution in [-0.2, 0) is 19.7 Å². The summed E-state index contributed by atoms with van der Waals surface area (Å²) in [5.41, 5.74) is 12.1. The topological polar surface area (TPSA) is 208 Å². The van der Waals surface area contributed by atoms with Crippen LogP contribution in [0.25, 0.3) is 28.0 Å². The Morgan fingerprint density at radius 2 is 1.74 bits per heavy atom. The number of nitrogens with one attached hydrogen (secondary N) is 3. The van der Waals surface area contributed by atoms with Gasteiger partial charge >= 0.3 is 6.03 Å². The second-order valence-corrected chi connectivity index (χ2v) is 16.6. The summed E-state index contributed by atoms with van der Waals surface area (Å²) in [6, 6.07) is 17.1. The predicted octanol–water partition coefficient (Wildman–Crippen LogP) is 4.85. The van der Waals surface area contributed by atoms with Crippen LogP contribution in [-0.4, -0.2) is 111 Å². The van der Waals surface area contributed by atoms with Crippen molar-refractivity contribution in [2.45, 2.75) is 64.0 Å². The highest BCUT2D eigenvalue weighted by atomic mass is 16.5. The van der Waals surface area contributed by atoms with Gasteiger partial charge in [0.2, 0.25) is 11.8 Å². The zero-order valence-corrected chi connectivity index (χ0v) is 34.7. The van der Waals surface area contributed by atoms with E-state index >= 15 is 0 Å². The molecule has 2 aromatic heterocycles. The lowest BCUT2D eigenvalue weighted by molar-refractivity contribution is -0.136. The van der Waals surface area contributed by atoms with Crippen molar-refractivity contribution in [3.8, 4) is 22.7 Å². The number of benzene rings is 3. The number of aromatic nitrogens is 4. The number of imide groups is 2. The van der Waals surface area contributed by atoms with Gasteiger partial charge in [-0.05, 0) is 67.8 Å². The molecule has 0 spiro atoms. The first-order valence-corrected chi connectivity index (χ1v) is 20.5. The van der Waals surface area contributed by atoms with Gasteiger partial charge in [0, 0.05) is 61.0 Å². The Hall–Kier alpha value is -6.59. The van der Waals surface area contributed by atoms with Gasteiger partial charge in [0.15, 0.2) is 0 Å². The lowest BCUT2D eigenvalue weighted by Crippen LogP contribution is -2.54. The molecular formula is C44H50N10O7. The number of urea groups is 1. The number of rotatable bonds is 13. The van der Waals surface area contributed by atoms with Crippen LogP contribution in [0.3, 0.4) is 0 Å². The molecule has 0 saturated carbocycles. The normalized spacial score (nSPS) is 17.5. The minimum atomic E-state index is -1.02. The maximum absolute atomic E-state index is 13.4. The van der Waals surface area contributed by atoms with Crippen molar-refractivity contribution in [1.82, 2.24) is 34.4 Å². The smallest absolute Gasteiger partial charge is 0.316 e. The molecule has 6 amide bonds. The first-order chi connectivity index (χ1) is 29.3. The van der Waals surface area contributed by atoms with Crippen molar-refractivity contribution in [3.63, 3.8) is 0 Å². The van der Waals surface area contributed by atoms with Gasteiger partial charge in [-0.25, -0.2) is 9.78 Å². The highest BCUT2D eigenvalue weighted by Gasteiger charge is 2.45. The lowest BCUT2D eigenvalue weighted by atomic mass is 9.92. The monoisotopic (exact) mass is 830 g/mol. The highest BCUT2D eigenvalue weighted by molar-refractivity contribution is 6.25. The molecule has 17 nitrogen and oxygen atoms in total. The molecule has 2 saturated heterocycles. The fourth-order valence-corrected chi connectivity index (χ4v) is 8.30. The van der Waals surface area contributed by atoms with E-state index in [1.165, 1.54) is 0 Å². The number of carbonyl (C=O) groups is 5. The van der Waals surface area contributed by atoms with E-state index in [1.54, 1.807) is 31.6 Å². The number of primary amides is 1. The largest absolute Gasteiger partial charge is 0.497 e. The van der Waals surface area contributed by atoms with E-state index in [9.17, 15) is 24.0 Å². The quantitative estimate of drug-likeness (QED) is 0.0932. The minimum absolute atomic E-state index is 0.0602. The molecule has 3 aliphatic rings. The molecule has 0 aliphatic carbocycles. The number of hydrogen-bond donors (Lipinski definition) is 4. The number of nitrogens with zero attached hydrogens (tertiary/aromatic N) is 6. The number of amides is 6. The van der Waals surface area contributed by atoms with Crippen molar-refractivity contribution < 1.29 is 33.4 Å². The molecule has 17 heteroatoms. The molecule has 5 heterocycles. The van der Waals surface area contributed by atoms with Crippen LogP contribution in [0.15, 0.2) is 67.0 Å². The number of piperidine rings is 2. The average molecular weight is 831 g/mol. The summed E-state index contributed by atoms with van der Waals surface area (Å²) in [5, 5.41) is 13.5. The number of fused-ring (bicyclic) bond motifs is 2. The van der Waals surface area contributed by atoms with Gasteiger partial charge in [-0.2, -0.15) is 5.10 Å². The van der Waals surface area contributed by atoms with E-state index in [4.69, 9.17) is 20.3 Å². The first-order valence-electron chi connectivity index (χ1n) is 20.5. The molecule has 3 aromatic carbocycles. The van der Waals surface area contributed by atoms with Gasteiger partial charge in [0.1, 0.15) is 18.1 Å². The van der Waals surface area contributed by atoms with Crippen molar-refractivity contribution in [1.29, 1.82) is 0 Å². The number of methoxy groups -OCH3 is 1. The Bertz CT molecular complexity index is 2530. The average Bonchev–Trinajstić information content (AvgIpc) is 3.94. The number of imidazole rings is 1. The van der Waals surface area contributed by atoms with Gasteiger partial charge in [-0.3, -0.25) is 38.6 Å². The van der Waals surface area contributed by atoms with Crippen molar-refractivity contribution in [3.05, 3.63) is 83.8 Å². The molecule has 318 valence electrons. The van der Waals surface area contributed by atoms with Crippen molar-refractivity contribution >= 4 is 52.1 Å². The van der Waals surface area contributed by atoms with E-state index in [0.717, 1.165) is 76.8 Å². The third kappa shape index (κ3) is 8.30. The van der Waals surface area contributed by atoms with E-state index in [-0.39, 0.29) is 35.4 Å². The molecule has 8 rings (SSSR count). The zero-order valence-electron chi connectivity index (χ0n) is 34.7. The number of nitrogens with two attached hydrogens (primary N) is 1. The van der Waals surface area contributed by atoms with Crippen LogP contribution in [0.2, 0.25) is 0 Å². The summed E-state index contributed by atoms with van der Waals surface area (Å²) < 4.78 is 15.5. The van der Waals surface area contributed by atoms with Gasteiger partial charge in [-0.1, -0.05) is 26.8 Å². The predicted molar refractivity (Wildman–Crippen MR) is 228 cm³/mol. The number of anilines is 2. The second-order valence-electron chi connectivity index (χ2n) is 16.6. The number of ether oxygens (including phenoxy) is 2. The van der Waals surface area contributed by atoms with E-state index in [1.807, 2.05) is 41.0 Å². The molecule has 1 atom stereocenters. The van der Waals surface area contributed by atoms with Crippen LogP contribution in [0, 0.1) is 0 Å². The number of carbonyl (C=O) groups excluding carboxylic acids is 5. The third-order valence-electron chi connectivity index (χ3n) is 11.6. The minimum Gasteiger partial charge on any atom is -0.497 e. The maximum atomic E-state index is 13.4. The zero-order chi connectivity index (χ0) is 43.0. The van der Waals surface area contributed by atoms with Crippen LogP contribution < -0.4 is 26.4 Å². The van der Waals surface area contributed by atoms with Gasteiger partial charge < -0.3 is 30.7 Å². The summed E-state index contributed by atoms with van der Waals surface area (Å²) in [6.45, 7) is 10.1. The SMILES string of the molecule is COc1ccc2c(c1)ncn2-c1ccc(NC(N)=O)c(-c2cc(C(C)(C)C)nn2C2CCN(CCOCCNc3cccc4c3C(=O)N(C3CCC(=O)NC3=O)C4=O)CC2)c1. The Balaban J connectivity index is 0.900. The molecule has 3 aliphatic heterocycles. The third-order valence-corrected chi connectivity index (χ3v) is 11.6. The standard InChI is InChI=1S/C44H50N10O7/c1-44(2,3)37-24-36(30-22-27(8-10-31(30)48-43(45)59)52-25-47-33-23-28(60-4)9-11-34(33)52)54(50-37)26-14-17-51(18-15-26)19-21-61-20-16-46-32-7-5-6-29-39(32)42(58)53(41(29)57)35-12-13-38(55)49-40(35)56/h5-11,22-26,35,46H,12-21H2,1-4H3,(H3,45,48,59)(H,49,55,56). The maximum Gasteiger partial charge on any atom is 0.316 e. The highest BCUT2D eigenvalue weighted by Crippen LogP contribution is 2.38. The summed E-state index contributed by atoms with van der Waals surface area (Å²) in [6.07, 6.45) is 3.64. The van der Waals surface area contributed by atoms with E-state index < -0.39 is 35.7 Å². The Morgan fingerprint density at radius 3 is 2.48 bits per heavy atom. The molecular weight excluding hydrogens is 781 g/mol. The Morgan fingerprint density at radius 1 is 0.934 bits per heavy atom. The summed E-state index contributed by atoms with van der Waals surface area (Å²) in [5.74, 6) is -1.44. The van der Waals surface area contributed by atoms with Crippen LogP contribution in [0.5, 0.6) is 5.75 Å². The van der Waals surface area contributed by atoms with Crippen molar-refractivity contribution in [2.75, 3.05) is 57.1 Å². The fraction of sp³-hybridized carbons (Fsp3) is 0.386. The van der Waals surface area contributed by atoms with Gasteiger partial charge in [-0.15, -0.1) is 0 Å². The molecule has 5 aromatic rings. The first kappa shape index (κ1) is 41.2. The second kappa shape index (κ2) is 16.8. The number of hydrogen-bond acceptors (Lipinski definition) is 11. The molecule has 1 unspecified atom stereocenters. The van der Waals surface area contributed by atoms with Crippen LogP contribution in [0.1, 0.15) is 78.9 Å². The Labute approximate surface area is 352 Å². The lowest BCUT2D eigenvalue weighted by Gasteiger charge is -2.33. The number of likely N-dealkylation sites (tertiary alicyclic amines) is 1. The molecule has 2 fully saturated rings. The van der Waals surface area contributed by atoms with E-state index in [0.29, 0.717) is 31.1 Å². The molecule has 0 radical (unpaired) electrons. The summed E-state index contributed by atoms with van der Waals surface area (Å²) >= 11 is 0.